The van der Waals surface area contributed by atoms with Gasteiger partial charge in [0, 0.05) is 6.42 Å². The van der Waals surface area contributed by atoms with Crippen LogP contribution in [-0.4, -0.2) is 25.2 Å². The van der Waals surface area contributed by atoms with E-state index in [2.05, 4.69) is 51.4 Å². The van der Waals surface area contributed by atoms with Crippen molar-refractivity contribution in [2.45, 2.75) is 59.3 Å². The zero-order valence-electron chi connectivity index (χ0n) is 18.0. The summed E-state index contributed by atoms with van der Waals surface area (Å²) < 4.78 is 0. The molecule has 0 aliphatic rings. The predicted octanol–water partition coefficient (Wildman–Crippen LogP) is 5.84. The van der Waals surface area contributed by atoms with Crippen LogP contribution in [0.4, 0.5) is 0 Å². The maximum Gasteiger partial charge on any atom is 0.146 e. The number of phenols is 1. The zero-order valence-corrected chi connectivity index (χ0v) is 18.0. The third-order valence-corrected chi connectivity index (χ3v) is 5.11. The number of aliphatic hydroxyl groups is 1. The maximum atomic E-state index is 11.0. The minimum absolute atomic E-state index is 0.105. The number of hydrogen-bond acceptors (Lipinski definition) is 4. The highest BCUT2D eigenvalue weighted by Crippen LogP contribution is 2.40. The summed E-state index contributed by atoms with van der Waals surface area (Å²) in [5.41, 5.74) is 4.02. The SMILES string of the molecule is C=C(O)CCc1cc(C(C)(C)CC(C)(C)C)cc(-n2nc3ccccc3n2)c1O. The molecule has 154 valence electrons. The largest absolute Gasteiger partial charge is 0.513 e. The van der Waals surface area contributed by atoms with E-state index >= 15 is 0 Å². The first kappa shape index (κ1) is 20.9. The van der Waals surface area contributed by atoms with Gasteiger partial charge in [-0.25, -0.2) is 0 Å². The molecule has 1 heterocycles. The first-order valence-corrected chi connectivity index (χ1v) is 10.0. The molecule has 0 saturated heterocycles. The zero-order chi connectivity index (χ0) is 21.4. The summed E-state index contributed by atoms with van der Waals surface area (Å²) in [4.78, 5) is 1.51. The average Bonchev–Trinajstić information content (AvgIpc) is 3.02. The van der Waals surface area contributed by atoms with Crippen LogP contribution in [0.2, 0.25) is 0 Å². The Morgan fingerprint density at radius 2 is 1.62 bits per heavy atom. The third-order valence-electron chi connectivity index (χ3n) is 5.11. The molecule has 0 saturated carbocycles. The molecule has 0 fully saturated rings. The first-order chi connectivity index (χ1) is 13.5. The van der Waals surface area contributed by atoms with Crippen molar-refractivity contribution in [3.05, 3.63) is 59.9 Å². The van der Waals surface area contributed by atoms with Crippen LogP contribution in [0.1, 0.15) is 58.6 Å². The van der Waals surface area contributed by atoms with E-state index in [1.54, 1.807) is 0 Å². The van der Waals surface area contributed by atoms with E-state index in [1.807, 2.05) is 36.4 Å². The van der Waals surface area contributed by atoms with E-state index in [9.17, 15) is 10.2 Å². The number of benzene rings is 2. The Bertz CT molecular complexity index is 1010. The van der Waals surface area contributed by atoms with Gasteiger partial charge in [0.25, 0.3) is 0 Å². The lowest BCUT2D eigenvalue weighted by molar-refractivity contribution is 0.283. The summed E-state index contributed by atoms with van der Waals surface area (Å²) >= 11 is 0. The van der Waals surface area contributed by atoms with Crippen molar-refractivity contribution < 1.29 is 10.2 Å². The number of aryl methyl sites for hydroxylation is 1. The number of aromatic nitrogens is 3. The lowest BCUT2D eigenvalue weighted by Crippen LogP contribution is -2.25. The number of aliphatic hydroxyl groups excluding tert-OH is 1. The Balaban J connectivity index is 2.15. The summed E-state index contributed by atoms with van der Waals surface area (Å²) in [6, 6.07) is 11.7. The maximum absolute atomic E-state index is 11.0. The van der Waals surface area contributed by atoms with E-state index in [1.165, 1.54) is 4.80 Å². The second-order valence-electron chi connectivity index (χ2n) is 9.67. The van der Waals surface area contributed by atoms with E-state index in [-0.39, 0.29) is 22.3 Å². The van der Waals surface area contributed by atoms with Crippen LogP contribution in [0.3, 0.4) is 0 Å². The normalized spacial score (nSPS) is 12.4. The van der Waals surface area contributed by atoms with Gasteiger partial charge in [-0.1, -0.05) is 59.4 Å². The van der Waals surface area contributed by atoms with Crippen LogP contribution >= 0.6 is 0 Å². The molecule has 0 spiro atoms. The summed E-state index contributed by atoms with van der Waals surface area (Å²) in [6.45, 7) is 14.7. The molecule has 0 radical (unpaired) electrons. The molecule has 5 heteroatoms. The number of hydrogen-bond donors (Lipinski definition) is 2. The molecule has 0 amide bonds. The van der Waals surface area contributed by atoms with Crippen molar-refractivity contribution >= 4 is 11.0 Å². The Kier molecular flexibility index (Phi) is 5.44. The molecule has 0 aliphatic carbocycles. The topological polar surface area (TPSA) is 71.2 Å². The van der Waals surface area contributed by atoms with E-state index in [4.69, 9.17) is 0 Å². The van der Waals surface area contributed by atoms with Gasteiger partial charge in [-0.05, 0) is 53.0 Å². The summed E-state index contributed by atoms with van der Waals surface area (Å²) in [5.74, 6) is 0.245. The van der Waals surface area contributed by atoms with Crippen LogP contribution in [-0.2, 0) is 11.8 Å². The van der Waals surface area contributed by atoms with Crippen LogP contribution in [0, 0.1) is 5.41 Å². The fraction of sp³-hybridized carbons (Fsp3) is 0.417. The van der Waals surface area contributed by atoms with Crippen molar-refractivity contribution in [2.75, 3.05) is 0 Å². The van der Waals surface area contributed by atoms with Gasteiger partial charge < -0.3 is 10.2 Å². The molecule has 1 aromatic heterocycles. The van der Waals surface area contributed by atoms with Crippen LogP contribution in [0.5, 0.6) is 5.75 Å². The smallest absolute Gasteiger partial charge is 0.146 e. The lowest BCUT2D eigenvalue weighted by atomic mass is 9.72. The van der Waals surface area contributed by atoms with Crippen LogP contribution in [0.15, 0.2) is 48.7 Å². The molecule has 2 aromatic carbocycles. The molecule has 0 unspecified atom stereocenters. The number of phenolic OH excluding ortho intramolecular Hbond substituents is 1. The summed E-state index contributed by atoms with van der Waals surface area (Å²) in [7, 11) is 0. The second-order valence-corrected chi connectivity index (χ2v) is 9.67. The van der Waals surface area contributed by atoms with Gasteiger partial charge >= 0.3 is 0 Å². The van der Waals surface area contributed by atoms with Crippen molar-refractivity contribution in [2.24, 2.45) is 5.41 Å². The fourth-order valence-corrected chi connectivity index (χ4v) is 4.09. The summed E-state index contributed by atoms with van der Waals surface area (Å²) in [6.07, 6.45) is 1.87. The number of allylic oxidation sites excluding steroid dienone is 1. The Labute approximate surface area is 172 Å². The number of fused-ring (bicyclic) bond motifs is 1. The van der Waals surface area contributed by atoms with Crippen molar-refractivity contribution in [3.63, 3.8) is 0 Å². The van der Waals surface area contributed by atoms with Crippen LogP contribution in [0.25, 0.3) is 16.7 Å². The first-order valence-electron chi connectivity index (χ1n) is 10.0. The van der Waals surface area contributed by atoms with Gasteiger partial charge in [-0.3, -0.25) is 0 Å². The van der Waals surface area contributed by atoms with Crippen molar-refractivity contribution in [3.8, 4) is 11.4 Å². The third kappa shape index (κ3) is 4.78. The van der Waals surface area contributed by atoms with Gasteiger partial charge in [0.15, 0.2) is 0 Å². The van der Waals surface area contributed by atoms with Crippen molar-refractivity contribution in [1.29, 1.82) is 0 Å². The van der Waals surface area contributed by atoms with E-state index in [0.29, 0.717) is 18.5 Å². The molecule has 5 nitrogen and oxygen atoms in total. The highest BCUT2D eigenvalue weighted by atomic mass is 16.3. The molecule has 0 aliphatic heterocycles. The minimum atomic E-state index is -0.113. The molecule has 29 heavy (non-hydrogen) atoms. The molecule has 3 rings (SSSR count). The predicted molar refractivity (Wildman–Crippen MR) is 118 cm³/mol. The van der Waals surface area contributed by atoms with Gasteiger partial charge in [-0.2, -0.15) is 0 Å². The van der Waals surface area contributed by atoms with Gasteiger partial charge in [-0.15, -0.1) is 15.0 Å². The average molecular weight is 394 g/mol. The standard InChI is InChI=1S/C24H31N3O2/c1-16(28)11-12-17-13-18(24(5,6)15-23(2,3)4)14-21(22(17)29)27-25-19-9-7-8-10-20(19)26-27/h7-10,13-14,28-29H,1,11-12,15H2,2-6H3. The quantitative estimate of drug-likeness (QED) is 0.516. The van der Waals surface area contributed by atoms with Crippen molar-refractivity contribution in [1.82, 2.24) is 15.0 Å². The highest BCUT2D eigenvalue weighted by Gasteiger charge is 2.29. The molecule has 2 N–H and O–H groups in total. The molecular weight excluding hydrogens is 362 g/mol. The summed E-state index contributed by atoms with van der Waals surface area (Å²) in [5, 5.41) is 29.7. The lowest BCUT2D eigenvalue weighted by Gasteiger charge is -2.33. The number of nitrogens with zero attached hydrogens (tertiary/aromatic N) is 3. The molecule has 0 atom stereocenters. The van der Waals surface area contributed by atoms with E-state index < -0.39 is 0 Å². The monoisotopic (exact) mass is 393 g/mol. The molecular formula is C24H31N3O2. The van der Waals surface area contributed by atoms with Crippen LogP contribution < -0.4 is 0 Å². The van der Waals surface area contributed by atoms with E-state index in [0.717, 1.165) is 28.6 Å². The molecule has 0 bridgehead atoms. The Morgan fingerprint density at radius 1 is 1.03 bits per heavy atom. The number of rotatable bonds is 6. The van der Waals surface area contributed by atoms with Gasteiger partial charge in [0.1, 0.15) is 22.5 Å². The second kappa shape index (κ2) is 7.54. The minimum Gasteiger partial charge on any atom is -0.513 e. The Hall–Kier alpha value is -2.82. The fourth-order valence-electron chi connectivity index (χ4n) is 4.09. The van der Waals surface area contributed by atoms with Gasteiger partial charge in [0.05, 0.1) is 5.76 Å². The number of aromatic hydroxyl groups is 1. The van der Waals surface area contributed by atoms with Gasteiger partial charge in [0.2, 0.25) is 0 Å². The highest BCUT2D eigenvalue weighted by molar-refractivity contribution is 5.73. The molecule has 3 aromatic rings. The Morgan fingerprint density at radius 3 is 2.14 bits per heavy atom.